The van der Waals surface area contributed by atoms with Gasteiger partial charge in [0.1, 0.15) is 0 Å². The smallest absolute Gasteiger partial charge is 0.0591 e. The van der Waals surface area contributed by atoms with Crippen LogP contribution in [0.3, 0.4) is 0 Å². The van der Waals surface area contributed by atoms with Gasteiger partial charge < -0.3 is 10.1 Å². The number of benzene rings is 1. The second kappa shape index (κ2) is 8.97. The van der Waals surface area contributed by atoms with Crippen LogP contribution in [0.4, 0.5) is 0 Å². The van der Waals surface area contributed by atoms with Gasteiger partial charge in [0, 0.05) is 13.1 Å². The second-order valence-corrected chi connectivity index (χ2v) is 4.04. The Morgan fingerprint density at radius 1 is 1.18 bits per heavy atom. The minimum Gasteiger partial charge on any atom is -0.380 e. The summed E-state index contributed by atoms with van der Waals surface area (Å²) in [7, 11) is 0. The van der Waals surface area contributed by atoms with Crippen molar-refractivity contribution in [3.05, 3.63) is 48.0 Å². The molecule has 1 aromatic rings. The summed E-state index contributed by atoms with van der Waals surface area (Å²) in [4.78, 5) is 0. The third kappa shape index (κ3) is 6.25. The van der Waals surface area contributed by atoms with Gasteiger partial charge in [-0.1, -0.05) is 37.3 Å². The van der Waals surface area contributed by atoms with E-state index in [0.29, 0.717) is 0 Å². The molecule has 2 nitrogen and oxygen atoms in total. The van der Waals surface area contributed by atoms with E-state index in [1.807, 2.05) is 6.08 Å². The van der Waals surface area contributed by atoms with Gasteiger partial charge in [-0.05, 0) is 24.0 Å². The monoisotopic (exact) mass is 233 g/mol. The van der Waals surface area contributed by atoms with Crippen molar-refractivity contribution in [3.8, 4) is 0 Å². The first kappa shape index (κ1) is 13.9. The van der Waals surface area contributed by atoms with E-state index in [1.54, 1.807) is 0 Å². The Balaban J connectivity index is 2.07. The topological polar surface area (TPSA) is 21.3 Å². The van der Waals surface area contributed by atoms with Gasteiger partial charge >= 0.3 is 0 Å². The lowest BCUT2D eigenvalue weighted by Crippen LogP contribution is -2.19. The average Bonchev–Trinajstić information content (AvgIpc) is 2.38. The normalized spacial score (nSPS) is 10.4. The molecule has 0 aromatic heterocycles. The second-order valence-electron chi connectivity index (χ2n) is 4.04. The zero-order valence-corrected chi connectivity index (χ0v) is 10.7. The molecule has 0 aliphatic carbocycles. The molecule has 1 N–H and O–H groups in total. The Kier molecular flexibility index (Phi) is 7.35. The van der Waals surface area contributed by atoms with Crippen molar-refractivity contribution in [2.24, 2.45) is 0 Å². The lowest BCUT2D eigenvalue weighted by Gasteiger charge is -2.06. The van der Waals surface area contributed by atoms with Crippen LogP contribution in [-0.4, -0.2) is 19.8 Å². The van der Waals surface area contributed by atoms with Crippen LogP contribution in [0.25, 0.3) is 0 Å². The maximum atomic E-state index is 5.41. The van der Waals surface area contributed by atoms with E-state index < -0.39 is 0 Å². The van der Waals surface area contributed by atoms with E-state index in [0.717, 1.165) is 39.1 Å². The molecule has 0 unspecified atom stereocenters. The number of hydrogen-bond donors (Lipinski definition) is 1. The third-order valence-electron chi connectivity index (χ3n) is 2.65. The molecule has 1 aromatic carbocycles. The number of aryl methyl sites for hydroxylation is 1. The molecule has 0 heterocycles. The fourth-order valence-corrected chi connectivity index (χ4v) is 1.54. The van der Waals surface area contributed by atoms with E-state index >= 15 is 0 Å². The van der Waals surface area contributed by atoms with Gasteiger partial charge in [0.15, 0.2) is 0 Å². The molecule has 1 rings (SSSR count). The molecule has 0 aliphatic heterocycles. The highest BCUT2D eigenvalue weighted by atomic mass is 16.5. The predicted octanol–water partition coefficient (Wildman–Crippen LogP) is 2.93. The quantitative estimate of drug-likeness (QED) is 0.523. The van der Waals surface area contributed by atoms with Crippen molar-refractivity contribution in [1.82, 2.24) is 5.32 Å². The first-order valence-corrected chi connectivity index (χ1v) is 6.34. The van der Waals surface area contributed by atoms with E-state index in [-0.39, 0.29) is 0 Å². The number of ether oxygens (including phenoxy) is 1. The Labute approximate surface area is 105 Å². The van der Waals surface area contributed by atoms with Gasteiger partial charge in [-0.3, -0.25) is 0 Å². The highest BCUT2D eigenvalue weighted by Gasteiger charge is 1.93. The molecule has 17 heavy (non-hydrogen) atoms. The van der Waals surface area contributed by atoms with Crippen molar-refractivity contribution >= 4 is 0 Å². The molecule has 2 heteroatoms. The van der Waals surface area contributed by atoms with Gasteiger partial charge in [-0.15, -0.1) is 6.58 Å². The summed E-state index contributed by atoms with van der Waals surface area (Å²) in [6.07, 6.45) is 3.91. The third-order valence-corrected chi connectivity index (χ3v) is 2.65. The molecule has 0 atom stereocenters. The predicted molar refractivity (Wildman–Crippen MR) is 73.2 cm³/mol. The summed E-state index contributed by atoms with van der Waals surface area (Å²) in [5.41, 5.74) is 2.72. The SMILES string of the molecule is C=CCCOCCNCc1ccc(CC)cc1. The molecule has 0 aliphatic rings. The standard InChI is InChI=1S/C15H23NO/c1-3-5-11-17-12-10-16-13-15-8-6-14(4-2)7-9-15/h3,6-9,16H,1,4-5,10-13H2,2H3. The average molecular weight is 233 g/mol. The van der Waals surface area contributed by atoms with E-state index in [2.05, 4.69) is 43.1 Å². The van der Waals surface area contributed by atoms with Gasteiger partial charge in [-0.2, -0.15) is 0 Å². The number of rotatable bonds is 9. The molecule has 0 fully saturated rings. The summed E-state index contributed by atoms with van der Waals surface area (Å²) in [6, 6.07) is 8.75. The fraction of sp³-hybridized carbons (Fsp3) is 0.467. The molecule has 0 amide bonds. The summed E-state index contributed by atoms with van der Waals surface area (Å²) >= 11 is 0. The number of hydrogen-bond acceptors (Lipinski definition) is 2. The first-order valence-electron chi connectivity index (χ1n) is 6.34. The molecular weight excluding hydrogens is 210 g/mol. The highest BCUT2D eigenvalue weighted by Crippen LogP contribution is 2.04. The molecule has 94 valence electrons. The Bertz CT molecular complexity index is 305. The molecule has 0 bridgehead atoms. The Hall–Kier alpha value is -1.12. The Morgan fingerprint density at radius 2 is 1.88 bits per heavy atom. The van der Waals surface area contributed by atoms with Crippen molar-refractivity contribution in [1.29, 1.82) is 0 Å². The lowest BCUT2D eigenvalue weighted by atomic mass is 10.1. The fourth-order valence-electron chi connectivity index (χ4n) is 1.54. The molecule has 0 saturated heterocycles. The van der Waals surface area contributed by atoms with Crippen molar-refractivity contribution < 1.29 is 4.74 Å². The van der Waals surface area contributed by atoms with Gasteiger partial charge in [0.25, 0.3) is 0 Å². The van der Waals surface area contributed by atoms with E-state index in [4.69, 9.17) is 4.74 Å². The van der Waals surface area contributed by atoms with Gasteiger partial charge in [-0.25, -0.2) is 0 Å². The van der Waals surface area contributed by atoms with Crippen molar-refractivity contribution in [2.45, 2.75) is 26.3 Å². The first-order chi connectivity index (χ1) is 8.36. The van der Waals surface area contributed by atoms with Crippen molar-refractivity contribution in [2.75, 3.05) is 19.8 Å². The van der Waals surface area contributed by atoms with Crippen LogP contribution in [0.1, 0.15) is 24.5 Å². The summed E-state index contributed by atoms with van der Waals surface area (Å²) in [6.45, 7) is 9.17. The van der Waals surface area contributed by atoms with Crippen LogP contribution >= 0.6 is 0 Å². The minimum absolute atomic E-state index is 0.765. The largest absolute Gasteiger partial charge is 0.380 e. The maximum absolute atomic E-state index is 5.41. The zero-order chi connectivity index (χ0) is 12.3. The van der Waals surface area contributed by atoms with Crippen LogP contribution in [0.5, 0.6) is 0 Å². The molecule has 0 spiro atoms. The van der Waals surface area contributed by atoms with Gasteiger partial charge in [0.2, 0.25) is 0 Å². The minimum atomic E-state index is 0.765. The number of nitrogens with one attached hydrogen (secondary N) is 1. The molecular formula is C15H23NO. The molecule has 0 saturated carbocycles. The van der Waals surface area contributed by atoms with Gasteiger partial charge in [0.05, 0.1) is 13.2 Å². The van der Waals surface area contributed by atoms with Crippen LogP contribution < -0.4 is 5.32 Å². The lowest BCUT2D eigenvalue weighted by molar-refractivity contribution is 0.140. The summed E-state index contributed by atoms with van der Waals surface area (Å²) < 4.78 is 5.41. The van der Waals surface area contributed by atoms with Crippen LogP contribution in [0.15, 0.2) is 36.9 Å². The maximum Gasteiger partial charge on any atom is 0.0591 e. The summed E-state index contributed by atoms with van der Waals surface area (Å²) in [5.74, 6) is 0. The zero-order valence-electron chi connectivity index (χ0n) is 10.7. The van der Waals surface area contributed by atoms with Crippen molar-refractivity contribution in [3.63, 3.8) is 0 Å². The van der Waals surface area contributed by atoms with E-state index in [1.165, 1.54) is 11.1 Å². The summed E-state index contributed by atoms with van der Waals surface area (Å²) in [5, 5.41) is 3.37. The Morgan fingerprint density at radius 3 is 2.53 bits per heavy atom. The van der Waals surface area contributed by atoms with E-state index in [9.17, 15) is 0 Å². The highest BCUT2D eigenvalue weighted by molar-refractivity contribution is 5.22. The van der Waals surface area contributed by atoms with Crippen LogP contribution in [0, 0.1) is 0 Å². The molecule has 0 radical (unpaired) electrons. The van der Waals surface area contributed by atoms with Crippen LogP contribution in [0.2, 0.25) is 0 Å². The van der Waals surface area contributed by atoms with Crippen LogP contribution in [-0.2, 0) is 17.7 Å².